The molecule has 0 aromatic heterocycles. The van der Waals surface area contributed by atoms with Gasteiger partial charge in [0.1, 0.15) is 0 Å². The van der Waals surface area contributed by atoms with E-state index in [0.717, 1.165) is 0 Å². The Hall–Kier alpha value is -1.66. The molecule has 0 spiro atoms. The van der Waals surface area contributed by atoms with Crippen LogP contribution in [-0.4, -0.2) is 16.9 Å². The highest BCUT2D eigenvalue weighted by Gasteiger charge is 2.08. The Bertz CT molecular complexity index is 410. The number of hydrogen-bond donors (Lipinski definition) is 2. The highest BCUT2D eigenvalue weighted by molar-refractivity contribution is 5.85. The predicted molar refractivity (Wildman–Crippen MR) is 65.8 cm³/mol. The van der Waals surface area contributed by atoms with E-state index >= 15 is 0 Å². The smallest absolute Gasteiger partial charge is 0.269 e. The molecule has 0 radical (unpaired) electrons. The number of nitro groups is 1. The second kappa shape index (κ2) is 6.82. The van der Waals surface area contributed by atoms with Crippen LogP contribution in [0.25, 0.3) is 0 Å². The molecule has 1 atom stereocenters. The third-order valence-electron chi connectivity index (χ3n) is 2.00. The molecule has 1 rings (SSSR count). The van der Waals surface area contributed by atoms with E-state index in [1.165, 1.54) is 12.1 Å². The van der Waals surface area contributed by atoms with Crippen LogP contribution in [0.3, 0.4) is 0 Å². The number of non-ortho nitro benzene ring substituents is 1. The summed E-state index contributed by atoms with van der Waals surface area (Å²) in [5.74, 6) is -0.286. The van der Waals surface area contributed by atoms with E-state index < -0.39 is 11.0 Å². The number of halogens is 1. The zero-order chi connectivity index (χ0) is 12.1. The maximum atomic E-state index is 11.2. The number of carbonyl (C=O) groups excluding carboxylic acids is 1. The van der Waals surface area contributed by atoms with E-state index in [4.69, 9.17) is 5.73 Å². The number of nitrogens with one attached hydrogen (secondary N) is 1. The van der Waals surface area contributed by atoms with Crippen LogP contribution in [0.1, 0.15) is 12.5 Å². The van der Waals surface area contributed by atoms with Crippen molar-refractivity contribution in [2.24, 2.45) is 5.73 Å². The first-order valence-electron chi connectivity index (χ1n) is 4.77. The third kappa shape index (κ3) is 4.80. The van der Waals surface area contributed by atoms with Crippen LogP contribution in [0, 0.1) is 10.1 Å². The molecule has 6 nitrogen and oxygen atoms in total. The first-order valence-corrected chi connectivity index (χ1v) is 4.77. The van der Waals surface area contributed by atoms with Gasteiger partial charge in [0, 0.05) is 18.7 Å². The highest BCUT2D eigenvalue weighted by atomic mass is 35.5. The molecule has 1 aromatic carbocycles. The monoisotopic (exact) mass is 259 g/mol. The second-order valence-corrected chi connectivity index (χ2v) is 3.43. The number of nitrogens with two attached hydrogens (primary N) is 1. The number of nitrogens with zero attached hydrogens (tertiary/aromatic N) is 1. The summed E-state index contributed by atoms with van der Waals surface area (Å²) in [5, 5.41) is 13.1. The summed E-state index contributed by atoms with van der Waals surface area (Å²) >= 11 is 0. The minimum atomic E-state index is -0.585. The summed E-state index contributed by atoms with van der Waals surface area (Å²) < 4.78 is 0. The molecular weight excluding hydrogens is 246 g/mol. The molecule has 0 aliphatic heterocycles. The van der Waals surface area contributed by atoms with E-state index in [9.17, 15) is 14.9 Å². The summed E-state index contributed by atoms with van der Waals surface area (Å²) in [4.78, 5) is 21.2. The summed E-state index contributed by atoms with van der Waals surface area (Å²) in [6.07, 6.45) is 0. The van der Waals surface area contributed by atoms with E-state index in [1.54, 1.807) is 19.1 Å². The number of benzene rings is 1. The van der Waals surface area contributed by atoms with Gasteiger partial charge in [0.15, 0.2) is 0 Å². The van der Waals surface area contributed by atoms with Crippen molar-refractivity contribution in [2.75, 3.05) is 0 Å². The number of carbonyl (C=O) groups is 1. The standard InChI is InChI=1S/C10H13N3O3.ClH/c1-7(11)10(14)12-6-8-3-2-4-9(5-8)13(15)16;/h2-5,7H,6,11H2,1H3,(H,12,14);1H/t7-;/m0./s1. The maximum absolute atomic E-state index is 11.2. The van der Waals surface area contributed by atoms with Crippen LogP contribution in [0.15, 0.2) is 24.3 Å². The second-order valence-electron chi connectivity index (χ2n) is 3.43. The summed E-state index contributed by atoms with van der Waals surface area (Å²) in [6, 6.07) is 5.51. The topological polar surface area (TPSA) is 98.3 Å². The van der Waals surface area contributed by atoms with Gasteiger partial charge in [0.2, 0.25) is 5.91 Å². The Labute approximate surface area is 105 Å². The average molecular weight is 260 g/mol. The average Bonchev–Trinajstić information content (AvgIpc) is 2.26. The van der Waals surface area contributed by atoms with Gasteiger partial charge in [0.25, 0.3) is 5.69 Å². The van der Waals surface area contributed by atoms with Gasteiger partial charge in [0.05, 0.1) is 11.0 Å². The Morgan fingerprint density at radius 2 is 2.24 bits per heavy atom. The van der Waals surface area contributed by atoms with Crippen molar-refractivity contribution in [1.82, 2.24) is 5.32 Å². The van der Waals surface area contributed by atoms with Crippen LogP contribution < -0.4 is 11.1 Å². The molecule has 0 heterocycles. The van der Waals surface area contributed by atoms with Crippen molar-refractivity contribution >= 4 is 24.0 Å². The van der Waals surface area contributed by atoms with Gasteiger partial charge in [-0.2, -0.15) is 0 Å². The Morgan fingerprint density at radius 1 is 1.59 bits per heavy atom. The molecule has 0 bridgehead atoms. The van der Waals surface area contributed by atoms with E-state index in [1.807, 2.05) is 0 Å². The molecule has 3 N–H and O–H groups in total. The molecule has 94 valence electrons. The van der Waals surface area contributed by atoms with Crippen LogP contribution in [0.4, 0.5) is 5.69 Å². The lowest BCUT2D eigenvalue weighted by molar-refractivity contribution is -0.384. The fraction of sp³-hybridized carbons (Fsp3) is 0.300. The molecule has 1 aromatic rings. The molecule has 0 aliphatic carbocycles. The molecular formula is C10H14ClN3O3. The van der Waals surface area contributed by atoms with Gasteiger partial charge in [-0.25, -0.2) is 0 Å². The number of nitro benzene ring substituents is 1. The fourth-order valence-corrected chi connectivity index (χ4v) is 1.13. The maximum Gasteiger partial charge on any atom is 0.269 e. The molecule has 7 heteroatoms. The number of rotatable bonds is 4. The minimum absolute atomic E-state index is 0. The van der Waals surface area contributed by atoms with E-state index in [-0.39, 0.29) is 30.5 Å². The van der Waals surface area contributed by atoms with Crippen LogP contribution in [-0.2, 0) is 11.3 Å². The van der Waals surface area contributed by atoms with Gasteiger partial charge in [-0.05, 0) is 12.5 Å². The van der Waals surface area contributed by atoms with Gasteiger partial charge >= 0.3 is 0 Å². The third-order valence-corrected chi connectivity index (χ3v) is 2.00. The summed E-state index contributed by atoms with van der Waals surface area (Å²) in [7, 11) is 0. The zero-order valence-electron chi connectivity index (χ0n) is 9.25. The number of hydrogen-bond acceptors (Lipinski definition) is 4. The highest BCUT2D eigenvalue weighted by Crippen LogP contribution is 2.12. The molecule has 1 amide bonds. The molecule has 17 heavy (non-hydrogen) atoms. The Balaban J connectivity index is 0.00000256. The van der Waals surface area contributed by atoms with Crippen LogP contribution in [0.2, 0.25) is 0 Å². The first kappa shape index (κ1) is 15.3. The minimum Gasteiger partial charge on any atom is -0.351 e. The van der Waals surface area contributed by atoms with Crippen molar-refractivity contribution in [3.63, 3.8) is 0 Å². The van der Waals surface area contributed by atoms with Crippen molar-refractivity contribution in [3.8, 4) is 0 Å². The molecule has 0 aliphatic rings. The first-order chi connectivity index (χ1) is 7.50. The van der Waals surface area contributed by atoms with E-state index in [0.29, 0.717) is 5.56 Å². The fourth-order valence-electron chi connectivity index (χ4n) is 1.13. The lowest BCUT2D eigenvalue weighted by Gasteiger charge is -2.07. The summed E-state index contributed by atoms with van der Waals surface area (Å²) in [5.41, 5.74) is 6.03. The number of amides is 1. The zero-order valence-corrected chi connectivity index (χ0v) is 10.1. The molecule has 0 unspecified atom stereocenters. The Morgan fingerprint density at radius 3 is 2.76 bits per heavy atom. The lowest BCUT2D eigenvalue weighted by atomic mass is 10.2. The molecule has 0 saturated carbocycles. The largest absolute Gasteiger partial charge is 0.351 e. The van der Waals surface area contributed by atoms with Crippen molar-refractivity contribution in [3.05, 3.63) is 39.9 Å². The van der Waals surface area contributed by atoms with Gasteiger partial charge < -0.3 is 11.1 Å². The summed E-state index contributed by atoms with van der Waals surface area (Å²) in [6.45, 7) is 1.81. The molecule has 0 saturated heterocycles. The van der Waals surface area contributed by atoms with Crippen molar-refractivity contribution in [2.45, 2.75) is 19.5 Å². The Kier molecular flexibility index (Phi) is 6.16. The van der Waals surface area contributed by atoms with Crippen molar-refractivity contribution < 1.29 is 9.72 Å². The van der Waals surface area contributed by atoms with Gasteiger partial charge in [-0.1, -0.05) is 12.1 Å². The van der Waals surface area contributed by atoms with Gasteiger partial charge in [-0.3, -0.25) is 14.9 Å². The van der Waals surface area contributed by atoms with Crippen LogP contribution >= 0.6 is 12.4 Å². The quantitative estimate of drug-likeness (QED) is 0.622. The van der Waals surface area contributed by atoms with Crippen molar-refractivity contribution in [1.29, 1.82) is 0 Å². The van der Waals surface area contributed by atoms with Crippen LogP contribution in [0.5, 0.6) is 0 Å². The SMILES string of the molecule is C[C@H](N)C(=O)NCc1cccc([N+](=O)[O-])c1.Cl. The van der Waals surface area contributed by atoms with Gasteiger partial charge in [-0.15, -0.1) is 12.4 Å². The molecule has 0 fully saturated rings. The predicted octanol–water partition coefficient (Wildman–Crippen LogP) is 0.980. The lowest BCUT2D eigenvalue weighted by Crippen LogP contribution is -2.37. The normalized spacial score (nSPS) is 11.2. The van der Waals surface area contributed by atoms with E-state index in [2.05, 4.69) is 5.32 Å².